The zero-order valence-electron chi connectivity index (χ0n) is 17.6. The third-order valence-corrected chi connectivity index (χ3v) is 8.19. The molecule has 2 aliphatic rings. The number of hydrogen-bond donors (Lipinski definition) is 1. The lowest BCUT2D eigenvalue weighted by atomic mass is 9.89. The van der Waals surface area contributed by atoms with Gasteiger partial charge >= 0.3 is 0 Å². The van der Waals surface area contributed by atoms with Gasteiger partial charge in [0.2, 0.25) is 0 Å². The van der Waals surface area contributed by atoms with Crippen molar-refractivity contribution < 1.29 is 17.7 Å². The predicted octanol–water partition coefficient (Wildman–Crippen LogP) is 5.26. The molecule has 1 saturated heterocycles. The lowest BCUT2D eigenvalue weighted by molar-refractivity contribution is 0.222. The van der Waals surface area contributed by atoms with Crippen LogP contribution in [0, 0.1) is 5.92 Å². The molecule has 6 unspecified atom stereocenters. The quantitative estimate of drug-likeness (QED) is 0.564. The Labute approximate surface area is 184 Å². The second-order valence-electron chi connectivity index (χ2n) is 8.66. The monoisotopic (exact) mass is 460 g/mol. The Bertz CT molecular complexity index is 848. The first-order chi connectivity index (χ1) is 14.1. The fourth-order valence-corrected chi connectivity index (χ4v) is 6.50. The van der Waals surface area contributed by atoms with Gasteiger partial charge < -0.3 is 14.8 Å². The normalized spacial score (nSPS) is 28.9. The first-order valence-corrected chi connectivity index (χ1v) is 11.7. The van der Waals surface area contributed by atoms with E-state index in [1.807, 2.05) is 21.0 Å². The molecule has 1 aromatic carbocycles. The van der Waals surface area contributed by atoms with E-state index in [-0.39, 0.29) is 23.8 Å². The molecule has 1 N–H and O–H groups in total. The lowest BCUT2D eigenvalue weighted by Gasteiger charge is -2.45. The Morgan fingerprint density at radius 1 is 1.30 bits per heavy atom. The van der Waals surface area contributed by atoms with Crippen LogP contribution in [-0.2, 0) is 11.2 Å². The van der Waals surface area contributed by atoms with Crippen molar-refractivity contribution in [3.63, 3.8) is 0 Å². The van der Waals surface area contributed by atoms with Gasteiger partial charge in [-0.3, -0.25) is 0 Å². The minimum atomic E-state index is -1.44. The van der Waals surface area contributed by atoms with Gasteiger partial charge in [0, 0.05) is 18.9 Å². The molecule has 1 fully saturated rings. The van der Waals surface area contributed by atoms with E-state index in [0.717, 1.165) is 19.0 Å². The second-order valence-corrected chi connectivity index (χ2v) is 10.6. The highest BCUT2D eigenvalue weighted by Crippen LogP contribution is 2.40. The number of rotatable bonds is 7. The van der Waals surface area contributed by atoms with Crippen molar-refractivity contribution in [2.24, 2.45) is 5.92 Å². The van der Waals surface area contributed by atoms with Gasteiger partial charge in [0.1, 0.15) is 5.83 Å². The first kappa shape index (κ1) is 23.7. The number of nitrogens with zero attached hydrogens (tertiary/aromatic N) is 1. The number of halogens is 4. The topological polar surface area (TPSA) is 38.3 Å². The second kappa shape index (κ2) is 9.65. The fourth-order valence-electron chi connectivity index (χ4n) is 4.41. The van der Waals surface area contributed by atoms with Crippen molar-refractivity contribution in [1.29, 1.82) is 0 Å². The Kier molecular flexibility index (Phi) is 7.62. The summed E-state index contributed by atoms with van der Waals surface area (Å²) in [6, 6.07) is 5.07. The molecular weight excluding hydrogens is 433 g/mol. The van der Waals surface area contributed by atoms with E-state index in [1.54, 1.807) is 18.2 Å². The molecule has 0 spiro atoms. The molecule has 1 heterocycles. The van der Waals surface area contributed by atoms with Crippen LogP contribution in [0.4, 0.5) is 13.2 Å². The molecule has 0 radical (unpaired) electrons. The molecule has 1 aromatic rings. The van der Waals surface area contributed by atoms with Crippen LogP contribution in [-0.4, -0.2) is 47.4 Å². The summed E-state index contributed by atoms with van der Waals surface area (Å²) in [5.41, 5.74) is 0.568. The van der Waals surface area contributed by atoms with E-state index in [1.165, 1.54) is 0 Å². The molecule has 1 aliphatic heterocycles. The maximum absolute atomic E-state index is 13.7. The lowest BCUT2D eigenvalue weighted by Crippen LogP contribution is -2.67. The zero-order chi connectivity index (χ0) is 22.2. The number of benzene rings is 1. The van der Waals surface area contributed by atoms with Crippen molar-refractivity contribution in [3.05, 3.63) is 52.3 Å². The standard InChI is InChI=1S/C22H28ClF3N2OS/c1-12(11-28(3)4)7-19-22(13(2)27-19)30(29)20-10-14(5-6-16(20)23)15-8-17(24)21(26)18(25)9-15/h5-6,8,10,12-13,15,19,22,27H,7,9,11H2,1-4H3. The van der Waals surface area contributed by atoms with E-state index >= 15 is 0 Å². The van der Waals surface area contributed by atoms with Crippen LogP contribution in [0.25, 0.3) is 0 Å². The van der Waals surface area contributed by atoms with Gasteiger partial charge in [-0.15, -0.1) is 0 Å². The minimum absolute atomic E-state index is 0.0728. The highest BCUT2D eigenvalue weighted by Gasteiger charge is 2.47. The van der Waals surface area contributed by atoms with Crippen LogP contribution in [0.2, 0.25) is 5.02 Å². The Morgan fingerprint density at radius 3 is 2.60 bits per heavy atom. The summed E-state index contributed by atoms with van der Waals surface area (Å²) in [6.45, 7) is 5.11. The smallest absolute Gasteiger partial charge is 0.189 e. The molecule has 166 valence electrons. The fraction of sp³-hybridized carbons (Fsp3) is 0.545. The van der Waals surface area contributed by atoms with Gasteiger partial charge in [0.05, 0.1) is 17.1 Å². The maximum Gasteiger partial charge on any atom is 0.189 e. The van der Waals surface area contributed by atoms with E-state index in [4.69, 9.17) is 11.6 Å². The molecule has 1 aliphatic carbocycles. The molecule has 0 bridgehead atoms. The van der Waals surface area contributed by atoms with Gasteiger partial charge in [-0.25, -0.2) is 13.2 Å². The van der Waals surface area contributed by atoms with Crippen LogP contribution < -0.4 is 5.32 Å². The van der Waals surface area contributed by atoms with Crippen molar-refractivity contribution >= 4 is 22.8 Å². The molecule has 30 heavy (non-hydrogen) atoms. The van der Waals surface area contributed by atoms with Crippen molar-refractivity contribution in [1.82, 2.24) is 10.2 Å². The molecular formula is C22H28ClF3N2OS. The summed E-state index contributed by atoms with van der Waals surface area (Å²) in [7, 11) is 4.06. The SMILES string of the molecule is CC(CC1NC(C)C1[S+]([O-])c1cc(C2C=C(F)C(F)=C(F)C2)ccc1Cl)CN(C)C. The van der Waals surface area contributed by atoms with Crippen LogP contribution >= 0.6 is 11.6 Å². The van der Waals surface area contributed by atoms with Crippen molar-refractivity contribution in [2.45, 2.75) is 54.8 Å². The average molecular weight is 461 g/mol. The highest BCUT2D eigenvalue weighted by atomic mass is 35.5. The summed E-state index contributed by atoms with van der Waals surface area (Å²) in [5, 5.41) is 3.71. The predicted molar refractivity (Wildman–Crippen MR) is 116 cm³/mol. The van der Waals surface area contributed by atoms with E-state index < -0.39 is 34.6 Å². The van der Waals surface area contributed by atoms with Gasteiger partial charge in [-0.05, 0) is 68.3 Å². The summed E-state index contributed by atoms with van der Waals surface area (Å²) in [5.74, 6) is -3.97. The van der Waals surface area contributed by atoms with E-state index in [2.05, 4.69) is 17.1 Å². The number of nitrogens with one attached hydrogen (secondary N) is 1. The maximum atomic E-state index is 13.7. The summed E-state index contributed by atoms with van der Waals surface area (Å²) in [4.78, 5) is 2.59. The van der Waals surface area contributed by atoms with Crippen molar-refractivity contribution in [2.75, 3.05) is 20.6 Å². The molecule has 6 atom stereocenters. The molecule has 3 nitrogen and oxygen atoms in total. The first-order valence-electron chi connectivity index (χ1n) is 10.1. The van der Waals surface area contributed by atoms with Gasteiger partial charge in [0.15, 0.2) is 21.8 Å². The third kappa shape index (κ3) is 5.07. The largest absolute Gasteiger partial charge is 0.611 e. The molecule has 0 saturated carbocycles. The summed E-state index contributed by atoms with van der Waals surface area (Å²) >= 11 is 4.97. The number of allylic oxidation sites excluding steroid dienone is 4. The van der Waals surface area contributed by atoms with Gasteiger partial charge in [-0.1, -0.05) is 24.6 Å². The van der Waals surface area contributed by atoms with Crippen LogP contribution in [0.5, 0.6) is 0 Å². The van der Waals surface area contributed by atoms with Gasteiger partial charge in [0.25, 0.3) is 0 Å². The van der Waals surface area contributed by atoms with Crippen LogP contribution in [0.1, 0.15) is 38.2 Å². The molecule has 0 amide bonds. The molecule has 0 aromatic heterocycles. The minimum Gasteiger partial charge on any atom is -0.611 e. The molecule has 3 rings (SSSR count). The zero-order valence-corrected chi connectivity index (χ0v) is 19.2. The molecule has 8 heteroatoms. The third-order valence-electron chi connectivity index (χ3n) is 5.74. The Balaban J connectivity index is 1.79. The average Bonchev–Trinajstić information content (AvgIpc) is 2.64. The highest BCUT2D eigenvalue weighted by molar-refractivity contribution is 7.92. The van der Waals surface area contributed by atoms with E-state index in [0.29, 0.717) is 21.4 Å². The van der Waals surface area contributed by atoms with Gasteiger partial charge in [-0.2, -0.15) is 0 Å². The Hall–Kier alpha value is -0.990. The summed E-state index contributed by atoms with van der Waals surface area (Å²) in [6.07, 6.45) is 1.69. The van der Waals surface area contributed by atoms with Crippen LogP contribution in [0.15, 0.2) is 46.7 Å². The number of hydrogen-bond acceptors (Lipinski definition) is 3. The summed E-state index contributed by atoms with van der Waals surface area (Å²) < 4.78 is 54.2. The van der Waals surface area contributed by atoms with Crippen LogP contribution in [0.3, 0.4) is 0 Å². The van der Waals surface area contributed by atoms with Crippen molar-refractivity contribution in [3.8, 4) is 0 Å². The van der Waals surface area contributed by atoms with E-state index in [9.17, 15) is 17.7 Å². The Morgan fingerprint density at radius 2 is 2.00 bits per heavy atom.